The molecule has 2 aliphatic carbocycles. The fourth-order valence-corrected chi connectivity index (χ4v) is 5.89. The topological polar surface area (TPSA) is 105 Å². The lowest BCUT2D eigenvalue weighted by Gasteiger charge is -2.23. The van der Waals surface area contributed by atoms with Crippen molar-refractivity contribution in [1.82, 2.24) is 5.32 Å². The molecule has 0 saturated heterocycles. The van der Waals surface area contributed by atoms with Crippen molar-refractivity contribution in [2.75, 3.05) is 18.5 Å². The van der Waals surface area contributed by atoms with Crippen molar-refractivity contribution < 1.29 is 37.4 Å². The molecule has 7 nitrogen and oxygen atoms in total. The second-order valence-corrected chi connectivity index (χ2v) is 12.3. The lowest BCUT2D eigenvalue weighted by molar-refractivity contribution is -0.139. The van der Waals surface area contributed by atoms with Gasteiger partial charge >= 0.3 is 12.1 Å². The largest absolute Gasteiger partial charge is 0.493 e. The third-order valence-corrected chi connectivity index (χ3v) is 8.74. The van der Waals surface area contributed by atoms with Gasteiger partial charge in [0, 0.05) is 17.8 Å². The van der Waals surface area contributed by atoms with Gasteiger partial charge in [0.15, 0.2) is 0 Å². The highest BCUT2D eigenvalue weighted by Crippen LogP contribution is 2.40. The summed E-state index contributed by atoms with van der Waals surface area (Å²) in [5, 5.41) is 14.1. The van der Waals surface area contributed by atoms with Crippen LogP contribution < -0.4 is 15.4 Å². The molecule has 0 aliphatic heterocycles. The predicted octanol–water partition coefficient (Wildman–Crippen LogP) is 7.71. The first-order valence-electron chi connectivity index (χ1n) is 15.9. The van der Waals surface area contributed by atoms with Gasteiger partial charge in [-0.2, -0.15) is 13.2 Å². The first kappa shape index (κ1) is 33.0. The van der Waals surface area contributed by atoms with E-state index >= 15 is 0 Å². The van der Waals surface area contributed by atoms with Gasteiger partial charge in [-0.05, 0) is 91.0 Å². The normalized spacial score (nSPS) is 16.0. The Morgan fingerprint density at radius 1 is 0.891 bits per heavy atom. The molecule has 0 heterocycles. The van der Waals surface area contributed by atoms with E-state index in [1.807, 2.05) is 24.3 Å². The third kappa shape index (κ3) is 9.11. The number of hydrogen-bond acceptors (Lipinski definition) is 4. The summed E-state index contributed by atoms with van der Waals surface area (Å²) in [5.74, 6) is -2.10. The van der Waals surface area contributed by atoms with Crippen molar-refractivity contribution in [3.63, 3.8) is 0 Å². The van der Waals surface area contributed by atoms with Gasteiger partial charge in [0.1, 0.15) is 5.75 Å². The van der Waals surface area contributed by atoms with E-state index in [0.717, 1.165) is 42.9 Å². The lowest BCUT2D eigenvalue weighted by Crippen LogP contribution is -2.26. The molecular weight excluding hydrogens is 597 g/mol. The van der Waals surface area contributed by atoms with Crippen LogP contribution in [0.15, 0.2) is 66.7 Å². The third-order valence-electron chi connectivity index (χ3n) is 8.74. The molecule has 10 heteroatoms. The van der Waals surface area contributed by atoms with E-state index in [0.29, 0.717) is 11.5 Å². The maximum Gasteiger partial charge on any atom is 0.420 e. The molecule has 0 radical (unpaired) electrons. The highest BCUT2D eigenvalue weighted by atomic mass is 19.4. The number of carboxylic acids is 1. The monoisotopic (exact) mass is 636 g/mol. The van der Waals surface area contributed by atoms with Crippen LogP contribution in [-0.4, -0.2) is 36.0 Å². The number of hydrogen-bond donors (Lipinski definition) is 3. The number of aliphatic carboxylic acids is 1. The molecule has 1 unspecified atom stereocenters. The van der Waals surface area contributed by atoms with E-state index in [1.165, 1.54) is 37.0 Å². The Hall–Kier alpha value is -4.34. The fraction of sp³-hybridized carbons (Fsp3) is 0.417. The highest BCUT2D eigenvalue weighted by Gasteiger charge is 2.36. The number of rotatable bonds is 13. The van der Waals surface area contributed by atoms with Crippen LogP contribution in [0.1, 0.15) is 95.8 Å². The van der Waals surface area contributed by atoms with Gasteiger partial charge in [-0.25, -0.2) is 0 Å². The summed E-state index contributed by atoms with van der Waals surface area (Å²) in [6, 6.07) is 18.2. The Morgan fingerprint density at radius 2 is 1.59 bits per heavy atom. The van der Waals surface area contributed by atoms with E-state index < -0.39 is 35.4 Å². The van der Waals surface area contributed by atoms with Crippen molar-refractivity contribution in [3.05, 3.63) is 94.5 Å². The molecule has 2 amide bonds. The summed E-state index contributed by atoms with van der Waals surface area (Å²) >= 11 is 0. The summed E-state index contributed by atoms with van der Waals surface area (Å²) in [4.78, 5) is 36.9. The quantitative estimate of drug-likeness (QED) is 0.178. The van der Waals surface area contributed by atoms with Crippen LogP contribution in [0, 0.1) is 5.92 Å². The van der Waals surface area contributed by atoms with Crippen LogP contribution in [0.4, 0.5) is 18.9 Å². The number of carboxylic acid groups (broad SMARTS) is 1. The average Bonchev–Trinajstić information content (AvgIpc) is 3.88. The van der Waals surface area contributed by atoms with Crippen LogP contribution >= 0.6 is 0 Å². The van der Waals surface area contributed by atoms with Gasteiger partial charge in [-0.3, -0.25) is 14.4 Å². The van der Waals surface area contributed by atoms with Crippen LogP contribution in [0.25, 0.3) is 0 Å². The van der Waals surface area contributed by atoms with Gasteiger partial charge in [0.25, 0.3) is 5.91 Å². The van der Waals surface area contributed by atoms with Crippen molar-refractivity contribution in [2.24, 2.45) is 5.92 Å². The Labute approximate surface area is 266 Å². The zero-order chi connectivity index (χ0) is 32.7. The Kier molecular flexibility index (Phi) is 10.7. The van der Waals surface area contributed by atoms with Crippen LogP contribution in [0.3, 0.4) is 0 Å². The summed E-state index contributed by atoms with van der Waals surface area (Å²) < 4.78 is 47.3. The van der Waals surface area contributed by atoms with E-state index in [-0.39, 0.29) is 43.3 Å². The van der Waals surface area contributed by atoms with Crippen molar-refractivity contribution in [3.8, 4) is 5.75 Å². The number of carbonyl (C=O) groups is 3. The molecule has 0 spiro atoms. The molecule has 0 bridgehead atoms. The maximum atomic E-state index is 14.0. The first-order chi connectivity index (χ1) is 22.1. The molecule has 2 fully saturated rings. The lowest BCUT2D eigenvalue weighted by atomic mass is 9.83. The summed E-state index contributed by atoms with van der Waals surface area (Å²) in [5.41, 5.74) is 2.13. The minimum Gasteiger partial charge on any atom is -0.493 e. The standard InChI is InChI=1S/C36H39F3N2O5/c37-36(38,39)31-21-29(16-17-32(31)46-22-24-6-7-24)41-35(45)30(27-14-12-26(13-15-27)25-4-2-1-3-5-25)20-23-8-10-28(11-9-23)34(44)40-19-18-33(42)43/h8-17,21,24-25,30H,1-7,18-20,22H2,(H,40,44)(H,41,45)(H,42,43). The smallest absolute Gasteiger partial charge is 0.420 e. The van der Waals surface area contributed by atoms with E-state index in [4.69, 9.17) is 9.84 Å². The molecule has 2 saturated carbocycles. The number of amides is 2. The molecular formula is C36H39F3N2O5. The number of ether oxygens (including phenoxy) is 1. The second-order valence-electron chi connectivity index (χ2n) is 12.3. The molecule has 244 valence electrons. The summed E-state index contributed by atoms with van der Waals surface area (Å²) in [6.45, 7) is 0.231. The van der Waals surface area contributed by atoms with Gasteiger partial charge in [-0.1, -0.05) is 55.7 Å². The molecule has 3 N–H and O–H groups in total. The van der Waals surface area contributed by atoms with Gasteiger partial charge in [0.05, 0.1) is 24.5 Å². The van der Waals surface area contributed by atoms with E-state index in [1.54, 1.807) is 24.3 Å². The number of nitrogens with one attached hydrogen (secondary N) is 2. The Morgan fingerprint density at radius 3 is 2.22 bits per heavy atom. The molecule has 0 aromatic heterocycles. The molecule has 5 rings (SSSR count). The molecule has 3 aromatic carbocycles. The zero-order valence-corrected chi connectivity index (χ0v) is 25.6. The SMILES string of the molecule is O=C(O)CCNC(=O)c1ccc(CC(C(=O)Nc2ccc(OCC3CC3)c(C(F)(F)F)c2)c2ccc(C3CCCCC3)cc2)cc1. The van der Waals surface area contributed by atoms with E-state index in [2.05, 4.69) is 10.6 Å². The molecule has 1 atom stereocenters. The number of carbonyl (C=O) groups excluding carboxylic acids is 2. The van der Waals surface area contributed by atoms with Crippen LogP contribution in [0.2, 0.25) is 0 Å². The van der Waals surface area contributed by atoms with Crippen molar-refractivity contribution in [1.29, 1.82) is 0 Å². The zero-order valence-electron chi connectivity index (χ0n) is 25.6. The van der Waals surface area contributed by atoms with Crippen molar-refractivity contribution in [2.45, 2.75) is 75.8 Å². The van der Waals surface area contributed by atoms with E-state index in [9.17, 15) is 27.6 Å². The summed E-state index contributed by atoms with van der Waals surface area (Å²) in [6.07, 6.45) is 3.15. The fourth-order valence-electron chi connectivity index (χ4n) is 5.89. The summed E-state index contributed by atoms with van der Waals surface area (Å²) in [7, 11) is 0. The molecule has 46 heavy (non-hydrogen) atoms. The molecule has 3 aromatic rings. The highest BCUT2D eigenvalue weighted by molar-refractivity contribution is 5.96. The first-order valence-corrected chi connectivity index (χ1v) is 15.9. The maximum absolute atomic E-state index is 14.0. The van der Waals surface area contributed by atoms with Crippen LogP contribution in [0.5, 0.6) is 5.75 Å². The van der Waals surface area contributed by atoms with Gasteiger partial charge in [-0.15, -0.1) is 0 Å². The minimum absolute atomic E-state index is 0.00130. The second kappa shape index (κ2) is 14.8. The number of alkyl halides is 3. The van der Waals surface area contributed by atoms with Gasteiger partial charge in [0.2, 0.25) is 5.91 Å². The predicted molar refractivity (Wildman–Crippen MR) is 168 cm³/mol. The minimum atomic E-state index is -4.66. The average molecular weight is 637 g/mol. The molecule has 2 aliphatic rings. The van der Waals surface area contributed by atoms with Crippen LogP contribution in [-0.2, 0) is 22.2 Å². The number of halogens is 3. The Bertz CT molecular complexity index is 1510. The van der Waals surface area contributed by atoms with Gasteiger partial charge < -0.3 is 20.5 Å². The van der Waals surface area contributed by atoms with Crippen molar-refractivity contribution >= 4 is 23.5 Å². The Balaban J connectivity index is 1.35. The number of anilines is 1. The number of benzene rings is 3.